The normalized spacial score (nSPS) is 28.2. The number of nitrogens with two attached hydrogens (primary N) is 1. The van der Waals surface area contributed by atoms with Crippen molar-refractivity contribution in [1.29, 1.82) is 0 Å². The summed E-state index contributed by atoms with van der Waals surface area (Å²) in [6.07, 6.45) is 1.11. The predicted molar refractivity (Wildman–Crippen MR) is 127 cm³/mol. The van der Waals surface area contributed by atoms with Gasteiger partial charge in [0.2, 0.25) is 5.78 Å². The topological polar surface area (TPSA) is 196 Å². The van der Waals surface area contributed by atoms with E-state index < -0.39 is 79.4 Å². The van der Waals surface area contributed by atoms with Crippen LogP contribution >= 0.6 is 0 Å². The monoisotopic (exact) mass is 520 g/mol. The van der Waals surface area contributed by atoms with E-state index in [0.717, 1.165) is 6.26 Å². The molecule has 36 heavy (non-hydrogen) atoms. The first-order valence-corrected chi connectivity index (χ1v) is 13.2. The van der Waals surface area contributed by atoms with Gasteiger partial charge in [0.05, 0.1) is 17.4 Å². The van der Waals surface area contributed by atoms with Gasteiger partial charge in [-0.15, -0.1) is 0 Å². The number of carbonyl (C=O) groups is 3. The maximum absolute atomic E-state index is 13.7. The third-order valence-corrected chi connectivity index (χ3v) is 8.28. The van der Waals surface area contributed by atoms with Gasteiger partial charge < -0.3 is 26.2 Å². The number of hydrogen-bond donors (Lipinski definition) is 5. The number of primary amides is 1. The number of amides is 1. The maximum atomic E-state index is 13.7. The molecule has 4 rings (SSSR count). The zero-order chi connectivity index (χ0) is 27.1. The number of sulfone groups is 1. The Hall–Kier alpha value is -3.22. The number of aliphatic hydroxyl groups excluding tert-OH is 2. The number of benzene rings is 1. The summed E-state index contributed by atoms with van der Waals surface area (Å²) in [4.78, 5) is 40.4. The largest absolute Gasteiger partial charge is 0.510 e. The average molecular weight is 521 g/mol. The van der Waals surface area contributed by atoms with Crippen molar-refractivity contribution in [3.05, 3.63) is 51.0 Å². The Morgan fingerprint density at radius 3 is 2.36 bits per heavy atom. The molecule has 0 aliphatic heterocycles. The third kappa shape index (κ3) is 3.54. The van der Waals surface area contributed by atoms with Crippen LogP contribution in [0.5, 0.6) is 5.75 Å². The van der Waals surface area contributed by atoms with E-state index in [1.807, 2.05) is 0 Å². The predicted octanol–water partition coefficient (Wildman–Crippen LogP) is -0.0264. The number of aryl methyl sites for hydroxylation is 1. The van der Waals surface area contributed by atoms with Gasteiger partial charge in [0.1, 0.15) is 22.8 Å². The molecular weight excluding hydrogens is 492 g/mol. The van der Waals surface area contributed by atoms with Crippen molar-refractivity contribution in [2.24, 2.45) is 17.6 Å². The van der Waals surface area contributed by atoms with Crippen LogP contribution in [0.3, 0.4) is 0 Å². The van der Waals surface area contributed by atoms with E-state index in [1.165, 1.54) is 11.0 Å². The van der Waals surface area contributed by atoms with Crippen LogP contribution in [0.15, 0.2) is 28.7 Å². The molecule has 0 saturated carbocycles. The zero-order valence-electron chi connectivity index (χ0n) is 20.2. The molecule has 1 aromatic rings. The number of allylic oxidation sites excluding steroid dienone is 1. The highest BCUT2D eigenvalue weighted by molar-refractivity contribution is 7.89. The molecule has 6 N–H and O–H groups in total. The Morgan fingerprint density at radius 1 is 1.22 bits per heavy atom. The number of aromatic hydroxyl groups is 1. The molecule has 0 spiro atoms. The Kier molecular flexibility index (Phi) is 5.85. The lowest BCUT2D eigenvalue weighted by molar-refractivity contribution is -0.148. The molecule has 194 valence electrons. The van der Waals surface area contributed by atoms with Crippen LogP contribution < -0.4 is 5.73 Å². The summed E-state index contributed by atoms with van der Waals surface area (Å²) in [5, 5.41) is 44.5. The van der Waals surface area contributed by atoms with Gasteiger partial charge in [-0.05, 0) is 50.9 Å². The number of phenolic OH excluding ortho intramolecular Hbond substituents is 1. The standard InChI is InChI=1S/C24H28N2O9S/c1-9-5-11(8-36(4,34)35)18(27)15-12(9)6-10-7-13-17(26(2)3)20(29)16(23(25)32)22(31)24(13,33)21(30)14(10)19(15)28/h5,10,13,17,27,29-30,33H,6-8H2,1-4H3,(H2,25,32)/t10-,13-,17-,24-/m0/s1. The van der Waals surface area contributed by atoms with Crippen molar-refractivity contribution in [2.45, 2.75) is 37.2 Å². The van der Waals surface area contributed by atoms with E-state index in [9.17, 15) is 43.2 Å². The molecule has 1 aromatic carbocycles. The molecule has 12 heteroatoms. The van der Waals surface area contributed by atoms with Crippen molar-refractivity contribution in [2.75, 3.05) is 20.4 Å². The minimum atomic E-state index is -3.56. The summed E-state index contributed by atoms with van der Waals surface area (Å²) in [5.74, 6) is -7.92. The highest BCUT2D eigenvalue weighted by atomic mass is 32.2. The Bertz CT molecular complexity index is 1410. The lowest BCUT2D eigenvalue weighted by atomic mass is 9.58. The van der Waals surface area contributed by atoms with E-state index >= 15 is 0 Å². The van der Waals surface area contributed by atoms with Crippen LogP contribution in [0.4, 0.5) is 0 Å². The Labute approximate surface area is 207 Å². The van der Waals surface area contributed by atoms with Crippen molar-refractivity contribution in [1.82, 2.24) is 4.90 Å². The molecule has 0 heterocycles. The van der Waals surface area contributed by atoms with Crippen molar-refractivity contribution < 1.29 is 43.2 Å². The van der Waals surface area contributed by atoms with Crippen LogP contribution in [0.2, 0.25) is 0 Å². The summed E-state index contributed by atoms with van der Waals surface area (Å²) in [5.41, 5.74) is 2.26. The van der Waals surface area contributed by atoms with Crippen LogP contribution in [-0.4, -0.2) is 83.2 Å². The third-order valence-electron chi connectivity index (χ3n) is 7.44. The summed E-state index contributed by atoms with van der Waals surface area (Å²) >= 11 is 0. The van der Waals surface area contributed by atoms with Crippen LogP contribution in [-0.2, 0) is 31.6 Å². The number of hydrogen-bond acceptors (Lipinski definition) is 10. The van der Waals surface area contributed by atoms with Crippen LogP contribution in [0, 0.1) is 18.8 Å². The minimum Gasteiger partial charge on any atom is -0.510 e. The highest BCUT2D eigenvalue weighted by Gasteiger charge is 2.63. The van der Waals surface area contributed by atoms with E-state index in [0.29, 0.717) is 11.1 Å². The molecule has 0 fully saturated rings. The van der Waals surface area contributed by atoms with Crippen LogP contribution in [0.25, 0.3) is 0 Å². The zero-order valence-corrected chi connectivity index (χ0v) is 21.0. The van der Waals surface area contributed by atoms with E-state index in [-0.39, 0.29) is 29.5 Å². The second-order valence-corrected chi connectivity index (χ2v) is 12.2. The van der Waals surface area contributed by atoms with Crippen LogP contribution in [0.1, 0.15) is 33.5 Å². The molecule has 3 aliphatic carbocycles. The smallest absolute Gasteiger partial charge is 0.255 e. The summed E-state index contributed by atoms with van der Waals surface area (Å²) in [6.45, 7) is 1.67. The lowest BCUT2D eigenvalue weighted by Crippen LogP contribution is -2.63. The molecule has 4 atom stereocenters. The van der Waals surface area contributed by atoms with Gasteiger partial charge in [0.15, 0.2) is 21.2 Å². The number of likely N-dealkylation sites (N-methyl/N-ethyl adjacent to an activating group) is 1. The number of aliphatic hydroxyl groups is 3. The molecule has 0 aromatic heterocycles. The second kappa shape index (κ2) is 8.15. The maximum Gasteiger partial charge on any atom is 0.255 e. The minimum absolute atomic E-state index is 0.0123. The fraction of sp³-hybridized carbons (Fsp3) is 0.458. The van der Waals surface area contributed by atoms with E-state index in [4.69, 9.17) is 5.73 Å². The van der Waals surface area contributed by atoms with Crippen molar-refractivity contribution >= 4 is 27.3 Å². The fourth-order valence-electron chi connectivity index (χ4n) is 5.97. The molecule has 0 saturated heterocycles. The van der Waals surface area contributed by atoms with Gasteiger partial charge in [-0.1, -0.05) is 6.07 Å². The number of fused-ring (bicyclic) bond motifs is 3. The average Bonchev–Trinajstić information content (AvgIpc) is 2.72. The SMILES string of the molecule is Cc1cc(CS(C)(=O)=O)c(O)c2c1C[C@H]1C[C@H]3[C@H](N(C)C)C(O)=C(C(N)=O)C(=O)[C@@]3(O)C(O)=C1C2=O. The number of carbonyl (C=O) groups excluding carboxylic acids is 3. The van der Waals surface area contributed by atoms with Gasteiger partial charge in [-0.2, -0.15) is 0 Å². The first-order valence-electron chi connectivity index (χ1n) is 11.2. The molecule has 1 amide bonds. The molecule has 0 radical (unpaired) electrons. The molecular formula is C24H28N2O9S. The first kappa shape index (κ1) is 25.9. The lowest BCUT2D eigenvalue weighted by Gasteiger charge is -2.50. The molecule has 11 nitrogen and oxygen atoms in total. The quantitative estimate of drug-likeness (QED) is 0.336. The fourth-order valence-corrected chi connectivity index (χ4v) is 6.75. The van der Waals surface area contributed by atoms with Gasteiger partial charge in [-0.25, -0.2) is 8.42 Å². The number of ketones is 2. The summed E-state index contributed by atoms with van der Waals surface area (Å²) in [7, 11) is -0.447. The van der Waals surface area contributed by atoms with Gasteiger partial charge in [-0.3, -0.25) is 19.3 Å². The van der Waals surface area contributed by atoms with Gasteiger partial charge >= 0.3 is 0 Å². The first-order chi connectivity index (χ1) is 16.5. The van der Waals surface area contributed by atoms with Gasteiger partial charge in [0.25, 0.3) is 5.91 Å². The molecule has 0 unspecified atom stereocenters. The van der Waals surface area contributed by atoms with E-state index in [1.54, 1.807) is 21.0 Å². The highest BCUT2D eigenvalue weighted by Crippen LogP contribution is 2.52. The van der Waals surface area contributed by atoms with Gasteiger partial charge in [0, 0.05) is 23.3 Å². The number of phenols is 1. The summed E-state index contributed by atoms with van der Waals surface area (Å²) in [6, 6.07) is 0.429. The molecule has 0 bridgehead atoms. The number of nitrogens with zero attached hydrogens (tertiary/aromatic N) is 1. The number of rotatable bonds is 4. The van der Waals surface area contributed by atoms with E-state index in [2.05, 4.69) is 0 Å². The Balaban J connectivity index is 1.96. The van der Waals surface area contributed by atoms with Crippen molar-refractivity contribution in [3.8, 4) is 5.75 Å². The Morgan fingerprint density at radius 2 is 1.83 bits per heavy atom. The summed E-state index contributed by atoms with van der Waals surface area (Å²) < 4.78 is 23.7. The van der Waals surface area contributed by atoms with Crippen molar-refractivity contribution in [3.63, 3.8) is 0 Å². The second-order valence-electron chi connectivity index (χ2n) is 10.1. The molecule has 3 aliphatic rings. The number of Topliss-reactive ketones (excluding diaryl/α,β-unsaturated/α-hetero) is 2.